The molecular weight excluding hydrogens is 323 g/mol. The first-order chi connectivity index (χ1) is 6.13. The van der Waals surface area contributed by atoms with Crippen molar-refractivity contribution in [1.29, 1.82) is 0 Å². The smallest absolute Gasteiger partial charge is 0.235 e. The lowest BCUT2D eigenvalue weighted by molar-refractivity contribution is -0.113. The molecule has 1 amide bonds. The zero-order valence-corrected chi connectivity index (χ0v) is 10.3. The third kappa shape index (κ3) is 3.25. The van der Waals surface area contributed by atoms with Gasteiger partial charge in [0.2, 0.25) is 5.91 Å². The van der Waals surface area contributed by atoms with E-state index in [1.54, 1.807) is 12.3 Å². The van der Waals surface area contributed by atoms with Crippen LogP contribution in [0.3, 0.4) is 0 Å². The van der Waals surface area contributed by atoms with Crippen molar-refractivity contribution < 1.29 is 4.79 Å². The number of anilines is 1. The molecular formula is C7H5Br2ClN2O. The van der Waals surface area contributed by atoms with Gasteiger partial charge in [0.15, 0.2) is 5.15 Å². The average molecular weight is 328 g/mol. The van der Waals surface area contributed by atoms with E-state index in [2.05, 4.69) is 42.2 Å². The minimum atomic E-state index is -0.165. The molecule has 0 aliphatic carbocycles. The standard InChI is InChI=1S/C7H5Br2ClN2O/c8-2-6(13)12-5-1-4(9)3-11-7(5)10/h1,3H,2H2,(H,12,13). The minimum absolute atomic E-state index is 0.165. The van der Waals surface area contributed by atoms with Gasteiger partial charge in [-0.05, 0) is 22.0 Å². The molecule has 0 spiro atoms. The molecule has 0 radical (unpaired) electrons. The second-order valence-electron chi connectivity index (χ2n) is 2.17. The van der Waals surface area contributed by atoms with Gasteiger partial charge in [0, 0.05) is 10.7 Å². The number of carbonyl (C=O) groups excluding carboxylic acids is 1. The summed E-state index contributed by atoms with van der Waals surface area (Å²) >= 11 is 12.0. The van der Waals surface area contributed by atoms with E-state index < -0.39 is 0 Å². The van der Waals surface area contributed by atoms with E-state index in [1.807, 2.05) is 0 Å². The van der Waals surface area contributed by atoms with Crippen molar-refractivity contribution in [3.8, 4) is 0 Å². The van der Waals surface area contributed by atoms with Crippen molar-refractivity contribution in [1.82, 2.24) is 4.98 Å². The number of aromatic nitrogens is 1. The van der Waals surface area contributed by atoms with E-state index >= 15 is 0 Å². The summed E-state index contributed by atoms with van der Waals surface area (Å²) in [5, 5.41) is 3.10. The second-order valence-corrected chi connectivity index (χ2v) is 4.01. The van der Waals surface area contributed by atoms with Crippen molar-refractivity contribution >= 4 is 55.1 Å². The number of nitrogens with one attached hydrogen (secondary N) is 1. The maximum atomic E-state index is 11.0. The Hall–Kier alpha value is -0.130. The van der Waals surface area contributed by atoms with E-state index in [0.717, 1.165) is 4.47 Å². The Morgan fingerprint density at radius 3 is 3.00 bits per heavy atom. The van der Waals surface area contributed by atoms with Crippen LogP contribution < -0.4 is 5.32 Å². The number of carbonyl (C=O) groups is 1. The number of nitrogens with zero attached hydrogens (tertiary/aromatic N) is 1. The molecule has 1 N–H and O–H groups in total. The Bertz CT molecular complexity index is 332. The molecule has 1 heterocycles. The SMILES string of the molecule is O=C(CBr)Nc1cc(Br)cnc1Cl. The molecule has 0 unspecified atom stereocenters. The summed E-state index contributed by atoms with van der Waals surface area (Å²) in [7, 11) is 0. The molecule has 1 aromatic heterocycles. The lowest BCUT2D eigenvalue weighted by Gasteiger charge is -2.04. The predicted octanol–water partition coefficient (Wildman–Crippen LogP) is 2.83. The van der Waals surface area contributed by atoms with Crippen molar-refractivity contribution in [3.05, 3.63) is 21.9 Å². The molecule has 0 bridgehead atoms. The number of hydrogen-bond donors (Lipinski definition) is 1. The van der Waals surface area contributed by atoms with Gasteiger partial charge in [-0.1, -0.05) is 27.5 Å². The molecule has 3 nitrogen and oxygen atoms in total. The summed E-state index contributed by atoms with van der Waals surface area (Å²) in [5.41, 5.74) is 0.500. The quantitative estimate of drug-likeness (QED) is 0.670. The molecule has 0 aliphatic rings. The summed E-state index contributed by atoms with van der Waals surface area (Å²) in [6, 6.07) is 1.69. The number of hydrogen-bond acceptors (Lipinski definition) is 2. The zero-order valence-electron chi connectivity index (χ0n) is 6.35. The lowest BCUT2D eigenvalue weighted by Crippen LogP contribution is -2.12. The highest BCUT2D eigenvalue weighted by molar-refractivity contribution is 9.10. The first kappa shape index (κ1) is 10.9. The number of amides is 1. The maximum Gasteiger partial charge on any atom is 0.235 e. The maximum absolute atomic E-state index is 11.0. The number of rotatable bonds is 2. The molecule has 0 fully saturated rings. The summed E-state index contributed by atoms with van der Waals surface area (Å²) in [6.45, 7) is 0. The molecule has 13 heavy (non-hydrogen) atoms. The molecule has 0 aliphatic heterocycles. The van der Waals surface area contributed by atoms with Crippen LogP contribution in [0.2, 0.25) is 5.15 Å². The molecule has 1 aromatic rings. The van der Waals surface area contributed by atoms with Gasteiger partial charge in [0.25, 0.3) is 0 Å². The lowest BCUT2D eigenvalue weighted by atomic mass is 10.4. The predicted molar refractivity (Wildman–Crippen MR) is 59.4 cm³/mol. The topological polar surface area (TPSA) is 42.0 Å². The Kier molecular flexibility index (Phi) is 4.15. The minimum Gasteiger partial charge on any atom is -0.323 e. The fourth-order valence-corrected chi connectivity index (χ4v) is 1.32. The van der Waals surface area contributed by atoms with E-state index in [0.29, 0.717) is 5.69 Å². The first-order valence-electron chi connectivity index (χ1n) is 3.30. The molecule has 0 saturated heterocycles. The van der Waals surface area contributed by atoms with E-state index in [4.69, 9.17) is 11.6 Å². The van der Waals surface area contributed by atoms with Gasteiger partial charge in [-0.2, -0.15) is 0 Å². The van der Waals surface area contributed by atoms with Crippen molar-refractivity contribution in [2.24, 2.45) is 0 Å². The van der Waals surface area contributed by atoms with Crippen LogP contribution in [0.15, 0.2) is 16.7 Å². The van der Waals surface area contributed by atoms with Crippen LogP contribution >= 0.6 is 43.5 Å². The fourth-order valence-electron chi connectivity index (χ4n) is 0.694. The van der Waals surface area contributed by atoms with E-state index in [-0.39, 0.29) is 16.4 Å². The monoisotopic (exact) mass is 326 g/mol. The van der Waals surface area contributed by atoms with Gasteiger partial charge in [0.05, 0.1) is 11.0 Å². The third-order valence-electron chi connectivity index (χ3n) is 1.20. The molecule has 0 saturated carbocycles. The van der Waals surface area contributed by atoms with E-state index in [1.165, 1.54) is 0 Å². The van der Waals surface area contributed by atoms with Crippen LogP contribution in [0.1, 0.15) is 0 Å². The largest absolute Gasteiger partial charge is 0.323 e. The second kappa shape index (κ2) is 4.93. The third-order valence-corrected chi connectivity index (χ3v) is 2.45. The van der Waals surface area contributed by atoms with Crippen LogP contribution in [0.5, 0.6) is 0 Å². The van der Waals surface area contributed by atoms with Crippen LogP contribution in [0, 0.1) is 0 Å². The van der Waals surface area contributed by atoms with Crippen LogP contribution in [-0.4, -0.2) is 16.2 Å². The van der Waals surface area contributed by atoms with Crippen molar-refractivity contribution in [2.45, 2.75) is 0 Å². The van der Waals surface area contributed by atoms with Gasteiger partial charge in [0.1, 0.15) is 0 Å². The molecule has 6 heteroatoms. The number of pyridine rings is 1. The Morgan fingerprint density at radius 1 is 1.69 bits per heavy atom. The van der Waals surface area contributed by atoms with Gasteiger partial charge in [-0.15, -0.1) is 0 Å². The summed E-state index contributed by atoms with van der Waals surface area (Å²) in [5.74, 6) is -0.165. The summed E-state index contributed by atoms with van der Waals surface area (Å²) in [6.07, 6.45) is 1.56. The first-order valence-corrected chi connectivity index (χ1v) is 5.59. The zero-order chi connectivity index (χ0) is 9.84. The Balaban J connectivity index is 2.87. The van der Waals surface area contributed by atoms with Gasteiger partial charge < -0.3 is 5.32 Å². The van der Waals surface area contributed by atoms with Crippen LogP contribution in [0.25, 0.3) is 0 Å². The van der Waals surface area contributed by atoms with E-state index in [9.17, 15) is 4.79 Å². The average Bonchev–Trinajstić information content (AvgIpc) is 2.11. The Morgan fingerprint density at radius 2 is 2.38 bits per heavy atom. The normalized spacial score (nSPS) is 9.77. The van der Waals surface area contributed by atoms with Crippen LogP contribution in [0.4, 0.5) is 5.69 Å². The van der Waals surface area contributed by atoms with Gasteiger partial charge in [-0.25, -0.2) is 4.98 Å². The van der Waals surface area contributed by atoms with Crippen molar-refractivity contribution in [2.75, 3.05) is 10.6 Å². The number of alkyl halides is 1. The number of halogens is 3. The highest BCUT2D eigenvalue weighted by atomic mass is 79.9. The van der Waals surface area contributed by atoms with Crippen LogP contribution in [-0.2, 0) is 4.79 Å². The summed E-state index contributed by atoms with van der Waals surface area (Å²) in [4.78, 5) is 14.8. The molecule has 0 atom stereocenters. The molecule has 0 aromatic carbocycles. The Labute approximate surface area is 97.1 Å². The molecule has 1 rings (SSSR count). The van der Waals surface area contributed by atoms with Gasteiger partial charge in [-0.3, -0.25) is 4.79 Å². The summed E-state index contributed by atoms with van der Waals surface area (Å²) < 4.78 is 0.766. The fraction of sp³-hybridized carbons (Fsp3) is 0.143. The highest BCUT2D eigenvalue weighted by Gasteiger charge is 2.05. The highest BCUT2D eigenvalue weighted by Crippen LogP contribution is 2.22. The van der Waals surface area contributed by atoms with Gasteiger partial charge >= 0.3 is 0 Å². The van der Waals surface area contributed by atoms with Crippen molar-refractivity contribution in [3.63, 3.8) is 0 Å². The molecule has 70 valence electrons.